The fraction of sp³-hybridized carbons (Fsp3) is 0.417. The lowest BCUT2D eigenvalue weighted by Gasteiger charge is -1.99. The van der Waals surface area contributed by atoms with E-state index in [1.54, 1.807) is 6.08 Å². The molecule has 0 aromatic carbocycles. The summed E-state index contributed by atoms with van der Waals surface area (Å²) >= 11 is 0. The molecule has 0 unspecified atom stereocenters. The van der Waals surface area contributed by atoms with Gasteiger partial charge in [0.1, 0.15) is 0 Å². The molecule has 1 nitrogen and oxygen atoms in total. The predicted octanol–water partition coefficient (Wildman–Crippen LogP) is 3.89. The summed E-state index contributed by atoms with van der Waals surface area (Å²) in [5, 5.41) is 0. The third-order valence-electron chi connectivity index (χ3n) is 1.77. The number of hydrogen-bond acceptors (Lipinski definition) is 1. The standard InChI is InChI=1S/C12H19N/c1-5-9-10-12(8-4)13-11(6-2)7-3/h5-6,9-10H,1,7-8H2,2-4H3/b10-9+,11-6-,13-12+. The van der Waals surface area contributed by atoms with Crippen molar-refractivity contribution in [2.45, 2.75) is 33.6 Å². The molecule has 0 aromatic heterocycles. The Kier molecular flexibility index (Phi) is 6.89. The first-order valence-electron chi connectivity index (χ1n) is 4.80. The Bertz CT molecular complexity index is 232. The highest BCUT2D eigenvalue weighted by atomic mass is 14.7. The maximum absolute atomic E-state index is 4.51. The van der Waals surface area contributed by atoms with Crippen LogP contribution < -0.4 is 0 Å². The molecule has 13 heavy (non-hydrogen) atoms. The molecule has 72 valence electrons. The zero-order valence-electron chi connectivity index (χ0n) is 8.88. The van der Waals surface area contributed by atoms with Crippen LogP contribution in [0, 0.1) is 0 Å². The summed E-state index contributed by atoms with van der Waals surface area (Å²) in [6.07, 6.45) is 9.70. The first kappa shape index (κ1) is 11.9. The van der Waals surface area contributed by atoms with Gasteiger partial charge in [0.25, 0.3) is 0 Å². The number of hydrogen-bond donors (Lipinski definition) is 0. The summed E-state index contributed by atoms with van der Waals surface area (Å²) in [7, 11) is 0. The molecule has 0 aliphatic carbocycles. The number of rotatable bonds is 5. The smallest absolute Gasteiger partial charge is 0.0404 e. The molecule has 0 N–H and O–H groups in total. The van der Waals surface area contributed by atoms with Crippen LogP contribution in [0.15, 0.2) is 41.6 Å². The molecule has 0 aromatic rings. The summed E-state index contributed by atoms with van der Waals surface area (Å²) in [5.41, 5.74) is 2.25. The van der Waals surface area contributed by atoms with Crippen molar-refractivity contribution in [3.05, 3.63) is 36.6 Å². The quantitative estimate of drug-likeness (QED) is 0.446. The van der Waals surface area contributed by atoms with Crippen molar-refractivity contribution in [2.24, 2.45) is 4.99 Å². The minimum absolute atomic E-state index is 0.960. The van der Waals surface area contributed by atoms with Gasteiger partial charge < -0.3 is 0 Å². The fourth-order valence-corrected chi connectivity index (χ4v) is 0.945. The Balaban J connectivity index is 4.54. The van der Waals surface area contributed by atoms with Gasteiger partial charge in [0.2, 0.25) is 0 Å². The molecule has 0 heterocycles. The van der Waals surface area contributed by atoms with E-state index in [4.69, 9.17) is 0 Å². The SMILES string of the molecule is C=C/C=C/C(CC)=N/C(=C\C)CC. The maximum atomic E-state index is 4.51. The van der Waals surface area contributed by atoms with Crippen molar-refractivity contribution >= 4 is 5.71 Å². The maximum Gasteiger partial charge on any atom is 0.0404 e. The van der Waals surface area contributed by atoms with Crippen molar-refractivity contribution in [3.63, 3.8) is 0 Å². The minimum atomic E-state index is 0.960. The van der Waals surface area contributed by atoms with E-state index in [1.807, 2.05) is 19.1 Å². The zero-order chi connectivity index (χ0) is 10.1. The van der Waals surface area contributed by atoms with Gasteiger partial charge >= 0.3 is 0 Å². The van der Waals surface area contributed by atoms with Crippen LogP contribution in [0.4, 0.5) is 0 Å². The average molecular weight is 177 g/mol. The van der Waals surface area contributed by atoms with Crippen LogP contribution in [-0.4, -0.2) is 5.71 Å². The van der Waals surface area contributed by atoms with E-state index in [1.165, 1.54) is 0 Å². The third kappa shape index (κ3) is 5.18. The summed E-state index contributed by atoms with van der Waals surface area (Å²) in [5.74, 6) is 0. The highest BCUT2D eigenvalue weighted by molar-refractivity contribution is 5.95. The summed E-state index contributed by atoms with van der Waals surface area (Å²) in [6.45, 7) is 9.87. The summed E-state index contributed by atoms with van der Waals surface area (Å²) in [6, 6.07) is 0. The van der Waals surface area contributed by atoms with E-state index in [2.05, 4.69) is 31.5 Å². The van der Waals surface area contributed by atoms with E-state index in [0.29, 0.717) is 0 Å². The van der Waals surface area contributed by atoms with Gasteiger partial charge in [0.05, 0.1) is 0 Å². The molecule has 0 saturated heterocycles. The highest BCUT2D eigenvalue weighted by Gasteiger charge is 1.91. The van der Waals surface area contributed by atoms with Gasteiger partial charge in [-0.25, -0.2) is 0 Å². The van der Waals surface area contributed by atoms with Gasteiger partial charge in [-0.05, 0) is 25.8 Å². The molecule has 0 bridgehead atoms. The molecular weight excluding hydrogens is 158 g/mol. The van der Waals surface area contributed by atoms with Crippen LogP contribution in [0.5, 0.6) is 0 Å². The van der Waals surface area contributed by atoms with E-state index in [9.17, 15) is 0 Å². The average Bonchev–Trinajstić information content (AvgIpc) is 2.19. The molecule has 0 atom stereocenters. The van der Waals surface area contributed by atoms with Crippen LogP contribution in [0.1, 0.15) is 33.6 Å². The topological polar surface area (TPSA) is 12.4 Å². The first-order valence-corrected chi connectivity index (χ1v) is 4.80. The molecular formula is C12H19N. The Morgan fingerprint density at radius 1 is 1.31 bits per heavy atom. The van der Waals surface area contributed by atoms with E-state index in [-0.39, 0.29) is 0 Å². The molecule has 0 rings (SSSR count). The van der Waals surface area contributed by atoms with Gasteiger partial charge in [0, 0.05) is 11.4 Å². The second-order valence-corrected chi connectivity index (χ2v) is 2.69. The molecule has 0 amide bonds. The molecule has 0 radical (unpaired) electrons. The minimum Gasteiger partial charge on any atom is -0.258 e. The molecule has 0 aliphatic heterocycles. The van der Waals surface area contributed by atoms with Crippen molar-refractivity contribution in [1.82, 2.24) is 0 Å². The lowest BCUT2D eigenvalue weighted by Crippen LogP contribution is -1.91. The Morgan fingerprint density at radius 3 is 2.38 bits per heavy atom. The van der Waals surface area contributed by atoms with Crippen LogP contribution in [0.3, 0.4) is 0 Å². The van der Waals surface area contributed by atoms with Crippen LogP contribution in [0.2, 0.25) is 0 Å². The predicted molar refractivity (Wildman–Crippen MR) is 61.1 cm³/mol. The zero-order valence-corrected chi connectivity index (χ0v) is 8.88. The monoisotopic (exact) mass is 177 g/mol. The largest absolute Gasteiger partial charge is 0.258 e. The van der Waals surface area contributed by atoms with Gasteiger partial charge in [-0.15, -0.1) is 0 Å². The molecule has 0 fully saturated rings. The van der Waals surface area contributed by atoms with Gasteiger partial charge in [-0.3, -0.25) is 4.99 Å². The van der Waals surface area contributed by atoms with Crippen molar-refractivity contribution in [1.29, 1.82) is 0 Å². The fourth-order valence-electron chi connectivity index (χ4n) is 0.945. The van der Waals surface area contributed by atoms with Gasteiger partial charge in [-0.1, -0.05) is 38.7 Å². The van der Waals surface area contributed by atoms with Crippen molar-refractivity contribution in [3.8, 4) is 0 Å². The van der Waals surface area contributed by atoms with Crippen LogP contribution >= 0.6 is 0 Å². The van der Waals surface area contributed by atoms with Crippen molar-refractivity contribution in [2.75, 3.05) is 0 Å². The number of allylic oxidation sites excluding steroid dienone is 5. The number of nitrogens with zero attached hydrogens (tertiary/aromatic N) is 1. The molecule has 1 heteroatoms. The Morgan fingerprint density at radius 2 is 2.00 bits per heavy atom. The molecule has 0 saturated carbocycles. The van der Waals surface area contributed by atoms with E-state index in [0.717, 1.165) is 24.3 Å². The summed E-state index contributed by atoms with van der Waals surface area (Å²) < 4.78 is 0. The summed E-state index contributed by atoms with van der Waals surface area (Å²) in [4.78, 5) is 4.51. The number of aliphatic imine (C=N–C) groups is 1. The lowest BCUT2D eigenvalue weighted by atomic mass is 10.2. The van der Waals surface area contributed by atoms with E-state index < -0.39 is 0 Å². The Labute approximate surface area is 81.6 Å². The first-order chi connectivity index (χ1) is 6.28. The van der Waals surface area contributed by atoms with Crippen LogP contribution in [0.25, 0.3) is 0 Å². The third-order valence-corrected chi connectivity index (χ3v) is 1.77. The normalized spacial score (nSPS) is 13.8. The lowest BCUT2D eigenvalue weighted by molar-refractivity contribution is 1.05. The second kappa shape index (κ2) is 7.53. The highest BCUT2D eigenvalue weighted by Crippen LogP contribution is 2.04. The second-order valence-electron chi connectivity index (χ2n) is 2.69. The van der Waals surface area contributed by atoms with Gasteiger partial charge in [0.15, 0.2) is 0 Å². The van der Waals surface area contributed by atoms with Crippen molar-refractivity contribution < 1.29 is 0 Å². The van der Waals surface area contributed by atoms with E-state index >= 15 is 0 Å². The van der Waals surface area contributed by atoms with Gasteiger partial charge in [-0.2, -0.15) is 0 Å². The van der Waals surface area contributed by atoms with Crippen LogP contribution in [-0.2, 0) is 0 Å². The molecule has 0 aliphatic rings. The molecule has 0 spiro atoms. The Hall–Kier alpha value is -1.11.